The Morgan fingerprint density at radius 3 is 2.61 bits per heavy atom. The first-order chi connectivity index (χ1) is 13.3. The van der Waals surface area contributed by atoms with Gasteiger partial charge in [0.1, 0.15) is 5.76 Å². The molecule has 0 bridgehead atoms. The van der Waals surface area contributed by atoms with Gasteiger partial charge in [0.25, 0.3) is 0 Å². The van der Waals surface area contributed by atoms with Gasteiger partial charge in [-0.2, -0.15) is 0 Å². The third-order valence-corrected chi connectivity index (χ3v) is 9.67. The molecule has 2 nitrogen and oxygen atoms in total. The van der Waals surface area contributed by atoms with Crippen molar-refractivity contribution < 1.29 is 9.53 Å². The molecule has 158 valence electrons. The molecule has 2 heteroatoms. The standard InChI is InChI=1S/C26H42O2/c1-17(2)7-6-8-18(3)20-10-11-21-19-9-12-23-26(5,16-14-24(27)28-23)22(19)13-15-25(20,21)4/h12,17-22H,6-11,13-16H2,1-5H3/t18-,19-,20-,21+,22-,25-,26-/m1/s1. The summed E-state index contributed by atoms with van der Waals surface area (Å²) in [6, 6.07) is 0. The average molecular weight is 387 g/mol. The van der Waals surface area contributed by atoms with E-state index in [0.29, 0.717) is 17.8 Å². The van der Waals surface area contributed by atoms with Crippen LogP contribution in [0.5, 0.6) is 0 Å². The molecule has 2 saturated carbocycles. The highest BCUT2D eigenvalue weighted by atomic mass is 16.5. The summed E-state index contributed by atoms with van der Waals surface area (Å²) in [6.45, 7) is 12.3. The van der Waals surface area contributed by atoms with E-state index in [1.165, 1.54) is 44.9 Å². The van der Waals surface area contributed by atoms with E-state index in [9.17, 15) is 4.79 Å². The number of fused-ring (bicyclic) bond motifs is 5. The van der Waals surface area contributed by atoms with E-state index < -0.39 is 0 Å². The minimum absolute atomic E-state index is 0.0148. The summed E-state index contributed by atoms with van der Waals surface area (Å²) in [5.41, 5.74) is 0.643. The van der Waals surface area contributed by atoms with Crippen LogP contribution in [0.15, 0.2) is 11.8 Å². The van der Waals surface area contributed by atoms with Crippen molar-refractivity contribution in [2.75, 3.05) is 0 Å². The molecule has 1 heterocycles. The third-order valence-electron chi connectivity index (χ3n) is 9.67. The summed E-state index contributed by atoms with van der Waals surface area (Å²) in [5, 5.41) is 0. The van der Waals surface area contributed by atoms with Gasteiger partial charge in [0.2, 0.25) is 0 Å². The Bertz CT molecular complexity index is 634. The molecule has 3 fully saturated rings. The Morgan fingerprint density at radius 1 is 1.07 bits per heavy atom. The van der Waals surface area contributed by atoms with Crippen LogP contribution in [-0.4, -0.2) is 5.97 Å². The van der Waals surface area contributed by atoms with Crippen molar-refractivity contribution in [3.05, 3.63) is 11.8 Å². The number of hydrogen-bond donors (Lipinski definition) is 0. The molecule has 0 aromatic heterocycles. The Labute approximate surface area is 172 Å². The fourth-order valence-electron chi connectivity index (χ4n) is 8.09. The topological polar surface area (TPSA) is 26.3 Å². The van der Waals surface area contributed by atoms with Gasteiger partial charge in [0, 0.05) is 11.8 Å². The zero-order valence-electron chi connectivity index (χ0n) is 18.9. The Morgan fingerprint density at radius 2 is 1.86 bits per heavy atom. The highest BCUT2D eigenvalue weighted by Crippen LogP contribution is 2.66. The fraction of sp³-hybridized carbons (Fsp3) is 0.885. The largest absolute Gasteiger partial charge is 0.431 e. The number of rotatable bonds is 5. The number of allylic oxidation sites excluding steroid dienone is 2. The van der Waals surface area contributed by atoms with E-state index in [-0.39, 0.29) is 11.4 Å². The second-order valence-corrected chi connectivity index (χ2v) is 11.6. The predicted molar refractivity (Wildman–Crippen MR) is 115 cm³/mol. The molecule has 7 atom stereocenters. The molecule has 0 amide bonds. The summed E-state index contributed by atoms with van der Waals surface area (Å²) in [7, 11) is 0. The highest BCUT2D eigenvalue weighted by Gasteiger charge is 2.59. The normalized spacial score (nSPS) is 43.6. The van der Waals surface area contributed by atoms with Crippen molar-refractivity contribution >= 4 is 5.97 Å². The molecule has 1 saturated heterocycles. The minimum atomic E-state index is -0.0148. The first-order valence-corrected chi connectivity index (χ1v) is 12.2. The maximum absolute atomic E-state index is 11.8. The van der Waals surface area contributed by atoms with Gasteiger partial charge < -0.3 is 4.74 Å². The smallest absolute Gasteiger partial charge is 0.310 e. The van der Waals surface area contributed by atoms with Crippen molar-refractivity contribution in [3.63, 3.8) is 0 Å². The second kappa shape index (κ2) is 7.47. The van der Waals surface area contributed by atoms with Gasteiger partial charge in [-0.25, -0.2) is 0 Å². The Balaban J connectivity index is 1.50. The van der Waals surface area contributed by atoms with Crippen LogP contribution in [0.3, 0.4) is 0 Å². The molecule has 3 aliphatic carbocycles. The molecule has 4 rings (SSSR count). The van der Waals surface area contributed by atoms with Crippen LogP contribution in [0, 0.1) is 46.3 Å². The second-order valence-electron chi connectivity index (χ2n) is 11.6. The van der Waals surface area contributed by atoms with E-state index in [0.717, 1.165) is 48.2 Å². The molecule has 0 aromatic carbocycles. The summed E-state index contributed by atoms with van der Waals surface area (Å²) in [4.78, 5) is 11.8. The van der Waals surface area contributed by atoms with E-state index in [4.69, 9.17) is 4.74 Å². The highest BCUT2D eigenvalue weighted by molar-refractivity contribution is 5.72. The maximum Gasteiger partial charge on any atom is 0.310 e. The molecule has 0 aromatic rings. The molecule has 0 unspecified atom stereocenters. The van der Waals surface area contributed by atoms with Crippen molar-refractivity contribution in [1.29, 1.82) is 0 Å². The summed E-state index contributed by atoms with van der Waals surface area (Å²) >= 11 is 0. The van der Waals surface area contributed by atoms with Gasteiger partial charge in [-0.05, 0) is 85.5 Å². The monoisotopic (exact) mass is 386 g/mol. The molecule has 0 N–H and O–H groups in total. The van der Waals surface area contributed by atoms with E-state index >= 15 is 0 Å². The van der Waals surface area contributed by atoms with Crippen molar-refractivity contribution in [3.8, 4) is 0 Å². The molecule has 4 aliphatic rings. The van der Waals surface area contributed by atoms with Gasteiger partial charge in [0.15, 0.2) is 0 Å². The quantitative estimate of drug-likeness (QED) is 0.469. The number of carbonyl (C=O) groups is 1. The third kappa shape index (κ3) is 3.27. The minimum Gasteiger partial charge on any atom is -0.431 e. The van der Waals surface area contributed by atoms with Gasteiger partial charge in [-0.15, -0.1) is 0 Å². The van der Waals surface area contributed by atoms with Crippen molar-refractivity contribution in [2.24, 2.45) is 46.3 Å². The first-order valence-electron chi connectivity index (χ1n) is 12.2. The first kappa shape index (κ1) is 20.5. The van der Waals surface area contributed by atoms with Crippen LogP contribution < -0.4 is 0 Å². The van der Waals surface area contributed by atoms with Crippen LogP contribution in [0.1, 0.15) is 98.8 Å². The number of carbonyl (C=O) groups excluding carboxylic acids is 1. The van der Waals surface area contributed by atoms with E-state index in [1.54, 1.807) is 0 Å². The van der Waals surface area contributed by atoms with Gasteiger partial charge in [-0.3, -0.25) is 4.79 Å². The van der Waals surface area contributed by atoms with Gasteiger partial charge >= 0.3 is 5.97 Å². The van der Waals surface area contributed by atoms with Crippen LogP contribution in [0.4, 0.5) is 0 Å². The zero-order chi connectivity index (χ0) is 20.1. The summed E-state index contributed by atoms with van der Waals surface area (Å²) < 4.78 is 5.72. The maximum atomic E-state index is 11.8. The number of ether oxygens (including phenoxy) is 1. The zero-order valence-corrected chi connectivity index (χ0v) is 18.9. The SMILES string of the molecule is CC(C)CCC[C@@H](C)[C@H]1CC[C@H]2[C@H]3CC=C4OC(=O)CC[C@]4(C)[C@@H]3CC[C@]12C. The molecule has 28 heavy (non-hydrogen) atoms. The molecule has 1 aliphatic heterocycles. The molecule has 0 radical (unpaired) electrons. The van der Waals surface area contributed by atoms with Crippen LogP contribution in [-0.2, 0) is 9.53 Å². The lowest BCUT2D eigenvalue weighted by atomic mass is 9.49. The predicted octanol–water partition coefficient (Wildman–Crippen LogP) is 7.14. The Kier molecular flexibility index (Phi) is 5.47. The van der Waals surface area contributed by atoms with Crippen LogP contribution >= 0.6 is 0 Å². The van der Waals surface area contributed by atoms with E-state index in [1.807, 2.05) is 0 Å². The Hall–Kier alpha value is -0.790. The van der Waals surface area contributed by atoms with Crippen molar-refractivity contribution in [1.82, 2.24) is 0 Å². The van der Waals surface area contributed by atoms with E-state index in [2.05, 4.69) is 40.7 Å². The van der Waals surface area contributed by atoms with Crippen LogP contribution in [0.25, 0.3) is 0 Å². The number of hydrogen-bond acceptors (Lipinski definition) is 2. The lowest BCUT2D eigenvalue weighted by Gasteiger charge is -2.57. The molecular weight excluding hydrogens is 344 g/mol. The van der Waals surface area contributed by atoms with Gasteiger partial charge in [-0.1, -0.05) is 53.9 Å². The van der Waals surface area contributed by atoms with Crippen molar-refractivity contribution in [2.45, 2.75) is 98.8 Å². The lowest BCUT2D eigenvalue weighted by molar-refractivity contribution is -0.152. The summed E-state index contributed by atoms with van der Waals surface area (Å²) in [5.74, 6) is 6.01. The average Bonchev–Trinajstić information content (AvgIpc) is 2.99. The van der Waals surface area contributed by atoms with Crippen LogP contribution in [0.2, 0.25) is 0 Å². The van der Waals surface area contributed by atoms with Gasteiger partial charge in [0.05, 0.1) is 0 Å². The molecular formula is C26H42O2. The number of esters is 1. The lowest BCUT2D eigenvalue weighted by Crippen LogP contribution is -2.51. The fourth-order valence-corrected chi connectivity index (χ4v) is 8.09. The summed E-state index contributed by atoms with van der Waals surface area (Å²) in [6.07, 6.45) is 14.8. The molecule has 0 spiro atoms.